The fraction of sp³-hybridized carbons (Fsp3) is 0.600. The number of benzene rings is 1. The number of hydrogen-bond donors (Lipinski definition) is 0. The number of alkyl halides is 3. The van der Waals surface area contributed by atoms with Crippen molar-refractivity contribution in [2.45, 2.75) is 64.5 Å². The van der Waals surface area contributed by atoms with Crippen LogP contribution >= 0.6 is 0 Å². The summed E-state index contributed by atoms with van der Waals surface area (Å²) in [5.74, 6) is 1.38. The average molecular weight is 340 g/mol. The zero-order chi connectivity index (χ0) is 17.6. The van der Waals surface area contributed by atoms with E-state index in [2.05, 4.69) is 13.0 Å². The Morgan fingerprint density at radius 3 is 2.62 bits per heavy atom. The maximum atomic E-state index is 13.3. The van der Waals surface area contributed by atoms with Crippen LogP contribution in [0.2, 0.25) is 0 Å². The van der Waals surface area contributed by atoms with Gasteiger partial charge in [0.2, 0.25) is 0 Å². The highest BCUT2D eigenvalue weighted by molar-refractivity contribution is 5.33. The van der Waals surface area contributed by atoms with Gasteiger partial charge in [-0.15, -0.1) is 0 Å². The highest BCUT2D eigenvalue weighted by atomic mass is 19.4. The summed E-state index contributed by atoms with van der Waals surface area (Å²) in [6.45, 7) is 4.67. The Balaban J connectivity index is 2.13. The van der Waals surface area contributed by atoms with Crippen LogP contribution in [0, 0.1) is 5.92 Å². The Bertz CT molecular complexity index is 548. The van der Waals surface area contributed by atoms with Gasteiger partial charge in [-0.25, -0.2) is 0 Å². The van der Waals surface area contributed by atoms with E-state index in [0.717, 1.165) is 44.3 Å². The van der Waals surface area contributed by atoms with Crippen LogP contribution in [-0.4, -0.2) is 6.61 Å². The Hall–Kier alpha value is -1.45. The first-order valence-electron chi connectivity index (χ1n) is 8.93. The molecule has 1 saturated carbocycles. The summed E-state index contributed by atoms with van der Waals surface area (Å²) in [5.41, 5.74) is -0.00286. The third kappa shape index (κ3) is 5.02. The van der Waals surface area contributed by atoms with Crippen LogP contribution in [-0.2, 0) is 10.9 Å². The van der Waals surface area contributed by atoms with E-state index < -0.39 is 11.7 Å². The molecule has 134 valence electrons. The average Bonchev–Trinajstić information content (AvgIpc) is 2.55. The van der Waals surface area contributed by atoms with Crippen molar-refractivity contribution >= 4 is 0 Å². The Morgan fingerprint density at radius 1 is 1.21 bits per heavy atom. The standard InChI is InChI=1S/C20H27F3O/c1-3-8-17(24-4-2)14-15-9-7-10-16(13-15)18-11-5-6-12-19(18)20(21,22)23/h5-6,8,11-12,15-16H,3-4,7,9-10,13-14H2,1-2H3/b17-8+. The molecule has 0 N–H and O–H groups in total. The predicted octanol–water partition coefficient (Wildman–Crippen LogP) is 6.70. The molecule has 24 heavy (non-hydrogen) atoms. The number of rotatable bonds is 6. The Labute approximate surface area is 142 Å². The van der Waals surface area contributed by atoms with Gasteiger partial charge in [0.1, 0.15) is 0 Å². The normalized spacial score (nSPS) is 22.5. The van der Waals surface area contributed by atoms with E-state index in [1.54, 1.807) is 12.1 Å². The van der Waals surface area contributed by atoms with Gasteiger partial charge < -0.3 is 4.74 Å². The molecule has 0 amide bonds. The van der Waals surface area contributed by atoms with E-state index >= 15 is 0 Å². The molecule has 4 heteroatoms. The van der Waals surface area contributed by atoms with Gasteiger partial charge in [0.05, 0.1) is 17.9 Å². The summed E-state index contributed by atoms with van der Waals surface area (Å²) in [7, 11) is 0. The molecule has 0 radical (unpaired) electrons. The van der Waals surface area contributed by atoms with Crippen LogP contribution < -0.4 is 0 Å². The predicted molar refractivity (Wildman–Crippen MR) is 90.8 cm³/mol. The number of hydrogen-bond acceptors (Lipinski definition) is 1. The van der Waals surface area contributed by atoms with E-state index in [0.29, 0.717) is 18.1 Å². The minimum atomic E-state index is -4.28. The monoisotopic (exact) mass is 340 g/mol. The lowest BCUT2D eigenvalue weighted by Crippen LogP contribution is -2.19. The summed E-state index contributed by atoms with van der Waals surface area (Å²) < 4.78 is 45.5. The molecule has 0 aliphatic heterocycles. The van der Waals surface area contributed by atoms with Crippen molar-refractivity contribution in [3.05, 3.63) is 47.2 Å². The van der Waals surface area contributed by atoms with Crippen molar-refractivity contribution in [2.75, 3.05) is 6.61 Å². The van der Waals surface area contributed by atoms with Crippen LogP contribution in [0.1, 0.15) is 69.4 Å². The summed E-state index contributed by atoms with van der Waals surface area (Å²) >= 11 is 0. The quantitative estimate of drug-likeness (QED) is 0.524. The SMILES string of the molecule is CC/C=C(\CC1CCCC(c2ccccc2C(F)(F)F)C1)OCC. The molecular weight excluding hydrogens is 313 g/mol. The molecule has 2 atom stereocenters. The summed E-state index contributed by atoms with van der Waals surface area (Å²) in [6, 6.07) is 6.06. The van der Waals surface area contributed by atoms with Crippen molar-refractivity contribution in [3.8, 4) is 0 Å². The van der Waals surface area contributed by atoms with E-state index in [4.69, 9.17) is 4.74 Å². The van der Waals surface area contributed by atoms with Gasteiger partial charge in [-0.1, -0.05) is 31.5 Å². The Morgan fingerprint density at radius 2 is 1.96 bits per heavy atom. The summed E-state index contributed by atoms with van der Waals surface area (Å²) in [4.78, 5) is 0. The van der Waals surface area contributed by atoms with E-state index in [1.807, 2.05) is 6.92 Å². The van der Waals surface area contributed by atoms with E-state index in [1.165, 1.54) is 12.1 Å². The highest BCUT2D eigenvalue weighted by Crippen LogP contribution is 2.43. The smallest absolute Gasteiger partial charge is 0.416 e. The number of halogens is 3. The van der Waals surface area contributed by atoms with Gasteiger partial charge in [0.25, 0.3) is 0 Å². The first-order chi connectivity index (χ1) is 11.5. The first-order valence-corrected chi connectivity index (χ1v) is 8.93. The second-order valence-corrected chi connectivity index (χ2v) is 6.53. The topological polar surface area (TPSA) is 9.23 Å². The lowest BCUT2D eigenvalue weighted by atomic mass is 9.75. The molecule has 1 nitrogen and oxygen atoms in total. The van der Waals surface area contributed by atoms with Gasteiger partial charge in [-0.3, -0.25) is 0 Å². The van der Waals surface area contributed by atoms with E-state index in [9.17, 15) is 13.2 Å². The number of allylic oxidation sites excluding steroid dienone is 2. The van der Waals surface area contributed by atoms with Crippen LogP contribution in [0.5, 0.6) is 0 Å². The van der Waals surface area contributed by atoms with Crippen molar-refractivity contribution in [1.29, 1.82) is 0 Å². The molecular formula is C20H27F3O. The molecule has 1 aromatic rings. The van der Waals surface area contributed by atoms with E-state index in [-0.39, 0.29) is 5.92 Å². The summed E-state index contributed by atoms with van der Waals surface area (Å²) in [5, 5.41) is 0. The maximum absolute atomic E-state index is 13.3. The third-order valence-electron chi connectivity index (χ3n) is 4.74. The molecule has 0 spiro atoms. The van der Waals surface area contributed by atoms with Gasteiger partial charge in [-0.05, 0) is 62.1 Å². The second kappa shape index (κ2) is 8.59. The highest BCUT2D eigenvalue weighted by Gasteiger charge is 2.36. The fourth-order valence-electron chi connectivity index (χ4n) is 3.77. The lowest BCUT2D eigenvalue weighted by molar-refractivity contribution is -0.138. The number of ether oxygens (including phenoxy) is 1. The molecule has 1 fully saturated rings. The molecule has 0 saturated heterocycles. The zero-order valence-corrected chi connectivity index (χ0v) is 14.5. The van der Waals surface area contributed by atoms with Gasteiger partial charge in [0, 0.05) is 6.42 Å². The minimum Gasteiger partial charge on any atom is -0.499 e. The lowest BCUT2D eigenvalue weighted by Gasteiger charge is -2.31. The molecule has 1 aromatic carbocycles. The maximum Gasteiger partial charge on any atom is 0.416 e. The van der Waals surface area contributed by atoms with Crippen LogP contribution in [0.3, 0.4) is 0 Å². The van der Waals surface area contributed by atoms with Gasteiger partial charge >= 0.3 is 6.18 Å². The zero-order valence-electron chi connectivity index (χ0n) is 14.5. The first kappa shape index (κ1) is 18.9. The molecule has 0 bridgehead atoms. The van der Waals surface area contributed by atoms with Crippen LogP contribution in [0.4, 0.5) is 13.2 Å². The summed E-state index contributed by atoms with van der Waals surface area (Å²) in [6.07, 6.45) is 3.27. The third-order valence-corrected chi connectivity index (χ3v) is 4.74. The van der Waals surface area contributed by atoms with Crippen molar-refractivity contribution in [3.63, 3.8) is 0 Å². The molecule has 0 aromatic heterocycles. The fourth-order valence-corrected chi connectivity index (χ4v) is 3.77. The molecule has 2 rings (SSSR count). The van der Waals surface area contributed by atoms with Crippen molar-refractivity contribution in [2.24, 2.45) is 5.92 Å². The van der Waals surface area contributed by atoms with Crippen LogP contribution in [0.15, 0.2) is 36.1 Å². The van der Waals surface area contributed by atoms with Crippen molar-refractivity contribution < 1.29 is 17.9 Å². The molecule has 0 heterocycles. The second-order valence-electron chi connectivity index (χ2n) is 6.53. The largest absolute Gasteiger partial charge is 0.499 e. The molecule has 2 unspecified atom stereocenters. The molecule has 1 aliphatic carbocycles. The van der Waals surface area contributed by atoms with Crippen LogP contribution in [0.25, 0.3) is 0 Å². The van der Waals surface area contributed by atoms with Crippen molar-refractivity contribution in [1.82, 2.24) is 0 Å². The minimum absolute atomic E-state index is 0.00826. The Kier molecular flexibility index (Phi) is 6.76. The van der Waals surface area contributed by atoms with Gasteiger partial charge in [-0.2, -0.15) is 13.2 Å². The molecule has 1 aliphatic rings. The van der Waals surface area contributed by atoms with Gasteiger partial charge in [0.15, 0.2) is 0 Å².